The Hall–Kier alpha value is -3.34. The van der Waals surface area contributed by atoms with Crippen molar-refractivity contribution in [1.29, 1.82) is 0 Å². The van der Waals surface area contributed by atoms with Gasteiger partial charge in [-0.1, -0.05) is 86.8 Å². The monoisotopic (exact) mass is 508 g/mol. The summed E-state index contributed by atoms with van der Waals surface area (Å²) in [5, 5.41) is 1.44. The third-order valence-corrected chi connectivity index (χ3v) is 6.65. The Kier molecular flexibility index (Phi) is 8.86. The maximum atomic E-state index is 15.3. The minimum absolute atomic E-state index is 0.162. The Labute approximate surface area is 216 Å². The van der Waals surface area contributed by atoms with Crippen LogP contribution in [0.3, 0.4) is 0 Å². The van der Waals surface area contributed by atoms with Gasteiger partial charge in [0.25, 0.3) is 0 Å². The first kappa shape index (κ1) is 26.7. The molecule has 0 saturated heterocycles. The van der Waals surface area contributed by atoms with Gasteiger partial charge in [-0.15, -0.1) is 0 Å². The van der Waals surface area contributed by atoms with Gasteiger partial charge in [-0.2, -0.15) is 13.2 Å². The largest absolute Gasteiger partial charge is 0.484 e. The average molecular weight is 509 g/mol. The van der Waals surface area contributed by atoms with Crippen molar-refractivity contribution in [2.24, 2.45) is 0 Å². The number of rotatable bonds is 11. The van der Waals surface area contributed by atoms with Crippen molar-refractivity contribution in [2.75, 3.05) is 6.61 Å². The van der Waals surface area contributed by atoms with Crippen molar-refractivity contribution in [1.82, 2.24) is 0 Å². The van der Waals surface area contributed by atoms with Gasteiger partial charge in [0.2, 0.25) is 0 Å². The summed E-state index contributed by atoms with van der Waals surface area (Å²) < 4.78 is 56.9. The summed E-state index contributed by atoms with van der Waals surface area (Å²) in [4.78, 5) is 0. The van der Waals surface area contributed by atoms with E-state index >= 15 is 4.39 Å². The molecular formula is C32H32F4O. The molecule has 0 amide bonds. The SMILES string of the molecule is CCCCCCc1ccc(-c2ccc3c(F)c(CCc4ccc(OCC(F)(F)F)cc4)ccc3c2)cc1. The van der Waals surface area contributed by atoms with Crippen LogP contribution in [0, 0.1) is 5.82 Å². The number of halogens is 4. The molecule has 194 valence electrons. The van der Waals surface area contributed by atoms with Gasteiger partial charge in [0.15, 0.2) is 6.61 Å². The van der Waals surface area contributed by atoms with Crippen molar-refractivity contribution in [3.8, 4) is 16.9 Å². The quantitative estimate of drug-likeness (QED) is 0.145. The van der Waals surface area contributed by atoms with Gasteiger partial charge >= 0.3 is 6.18 Å². The molecular weight excluding hydrogens is 476 g/mol. The van der Waals surface area contributed by atoms with Crippen LogP contribution >= 0.6 is 0 Å². The number of benzene rings is 4. The van der Waals surface area contributed by atoms with Gasteiger partial charge in [-0.3, -0.25) is 0 Å². The molecule has 4 rings (SSSR count). The van der Waals surface area contributed by atoms with E-state index in [1.54, 1.807) is 12.1 Å². The van der Waals surface area contributed by atoms with Crippen molar-refractivity contribution in [3.63, 3.8) is 0 Å². The standard InChI is InChI=1S/C32H32F4O/c1-2-3-4-5-6-23-7-12-25(13-8-23)27-17-20-30-28(21-27)16-15-26(31(30)33)14-9-24-10-18-29(19-11-24)37-22-32(34,35)36/h7-8,10-13,15-21H,2-6,9,14,22H2,1H3. The molecule has 0 radical (unpaired) electrons. The second kappa shape index (κ2) is 12.3. The van der Waals surface area contributed by atoms with Gasteiger partial charge in [0, 0.05) is 5.39 Å². The van der Waals surface area contributed by atoms with Crippen LogP contribution in [0.2, 0.25) is 0 Å². The van der Waals surface area contributed by atoms with E-state index in [2.05, 4.69) is 31.2 Å². The van der Waals surface area contributed by atoms with Crippen LogP contribution in [0.1, 0.15) is 49.3 Å². The van der Waals surface area contributed by atoms with E-state index in [1.165, 1.54) is 43.4 Å². The lowest BCUT2D eigenvalue weighted by atomic mass is 9.96. The van der Waals surface area contributed by atoms with E-state index in [0.29, 0.717) is 23.8 Å². The first-order valence-electron chi connectivity index (χ1n) is 12.9. The molecule has 0 aliphatic heterocycles. The number of hydrogen-bond acceptors (Lipinski definition) is 1. The number of aryl methyl sites for hydroxylation is 3. The van der Waals surface area contributed by atoms with Crippen LogP contribution in [0.4, 0.5) is 17.6 Å². The van der Waals surface area contributed by atoms with Gasteiger partial charge < -0.3 is 4.74 Å². The van der Waals surface area contributed by atoms with E-state index in [1.807, 2.05) is 30.3 Å². The lowest BCUT2D eigenvalue weighted by Gasteiger charge is -2.11. The highest BCUT2D eigenvalue weighted by Gasteiger charge is 2.28. The molecule has 0 spiro atoms. The molecule has 0 aliphatic rings. The lowest BCUT2D eigenvalue weighted by Crippen LogP contribution is -2.19. The summed E-state index contributed by atoms with van der Waals surface area (Å²) in [5.41, 5.74) is 5.05. The summed E-state index contributed by atoms with van der Waals surface area (Å²) in [6.07, 6.45) is 2.80. The van der Waals surface area contributed by atoms with E-state index in [-0.39, 0.29) is 11.6 Å². The van der Waals surface area contributed by atoms with Crippen LogP contribution in [0.5, 0.6) is 5.75 Å². The van der Waals surface area contributed by atoms with Crippen LogP contribution in [0.15, 0.2) is 78.9 Å². The molecule has 0 fully saturated rings. The summed E-state index contributed by atoms with van der Waals surface area (Å²) in [6, 6.07) is 24.7. The van der Waals surface area contributed by atoms with Gasteiger partial charge in [0.1, 0.15) is 11.6 Å². The average Bonchev–Trinajstić information content (AvgIpc) is 2.90. The van der Waals surface area contributed by atoms with Gasteiger partial charge in [-0.05, 0) is 77.1 Å². The zero-order valence-electron chi connectivity index (χ0n) is 21.1. The smallest absolute Gasteiger partial charge is 0.422 e. The van der Waals surface area contributed by atoms with Crippen molar-refractivity contribution < 1.29 is 22.3 Å². The number of fused-ring (bicyclic) bond motifs is 1. The fourth-order valence-corrected chi connectivity index (χ4v) is 4.53. The van der Waals surface area contributed by atoms with E-state index in [9.17, 15) is 13.2 Å². The molecule has 0 bridgehead atoms. The number of ether oxygens (including phenoxy) is 1. The number of hydrogen-bond donors (Lipinski definition) is 0. The second-order valence-electron chi connectivity index (χ2n) is 9.53. The molecule has 1 nitrogen and oxygen atoms in total. The van der Waals surface area contributed by atoms with Gasteiger partial charge in [-0.25, -0.2) is 4.39 Å². The van der Waals surface area contributed by atoms with Crippen LogP contribution in [-0.4, -0.2) is 12.8 Å². The highest BCUT2D eigenvalue weighted by Crippen LogP contribution is 2.29. The molecule has 0 unspecified atom stereocenters. The minimum atomic E-state index is -4.37. The lowest BCUT2D eigenvalue weighted by molar-refractivity contribution is -0.153. The Bertz CT molecular complexity index is 1290. The summed E-state index contributed by atoms with van der Waals surface area (Å²) >= 11 is 0. The number of unbranched alkanes of at least 4 members (excludes halogenated alkanes) is 3. The summed E-state index contributed by atoms with van der Waals surface area (Å²) in [5.74, 6) is -0.0630. The van der Waals surface area contributed by atoms with Crippen molar-refractivity contribution in [2.45, 2.75) is 58.0 Å². The normalized spacial score (nSPS) is 11.7. The highest BCUT2D eigenvalue weighted by molar-refractivity contribution is 5.88. The molecule has 4 aromatic carbocycles. The second-order valence-corrected chi connectivity index (χ2v) is 9.53. The van der Waals surface area contributed by atoms with Crippen LogP contribution in [0.25, 0.3) is 21.9 Å². The van der Waals surface area contributed by atoms with Gasteiger partial charge in [0.05, 0.1) is 0 Å². The molecule has 0 saturated carbocycles. The Morgan fingerprint density at radius 3 is 2.05 bits per heavy atom. The topological polar surface area (TPSA) is 9.23 Å². The zero-order valence-corrected chi connectivity index (χ0v) is 21.1. The minimum Gasteiger partial charge on any atom is -0.484 e. The zero-order chi connectivity index (χ0) is 26.3. The fraction of sp³-hybridized carbons (Fsp3) is 0.312. The predicted molar refractivity (Wildman–Crippen MR) is 143 cm³/mol. The summed E-state index contributed by atoms with van der Waals surface area (Å²) in [7, 11) is 0. The Morgan fingerprint density at radius 1 is 0.676 bits per heavy atom. The molecule has 37 heavy (non-hydrogen) atoms. The van der Waals surface area contributed by atoms with Crippen molar-refractivity contribution >= 4 is 10.8 Å². The number of alkyl halides is 3. The molecule has 0 heterocycles. The van der Waals surface area contributed by atoms with Crippen LogP contribution < -0.4 is 4.74 Å². The maximum absolute atomic E-state index is 15.3. The Balaban J connectivity index is 1.39. The van der Waals surface area contributed by atoms with Crippen LogP contribution in [-0.2, 0) is 19.3 Å². The maximum Gasteiger partial charge on any atom is 0.422 e. The third kappa shape index (κ3) is 7.58. The molecule has 0 atom stereocenters. The van der Waals surface area contributed by atoms with Crippen molar-refractivity contribution in [3.05, 3.63) is 101 Å². The summed E-state index contributed by atoms with van der Waals surface area (Å²) in [6.45, 7) is 0.900. The first-order valence-corrected chi connectivity index (χ1v) is 12.9. The Morgan fingerprint density at radius 2 is 1.35 bits per heavy atom. The van der Waals surface area contributed by atoms with E-state index < -0.39 is 12.8 Å². The fourth-order valence-electron chi connectivity index (χ4n) is 4.53. The highest BCUT2D eigenvalue weighted by atomic mass is 19.4. The first-order chi connectivity index (χ1) is 17.8. The molecule has 0 aliphatic carbocycles. The third-order valence-electron chi connectivity index (χ3n) is 6.65. The molecule has 5 heteroatoms. The predicted octanol–water partition coefficient (Wildman–Crippen LogP) is 9.49. The molecule has 0 aromatic heterocycles. The van der Waals surface area contributed by atoms with E-state index in [0.717, 1.165) is 28.5 Å². The van der Waals surface area contributed by atoms with E-state index in [4.69, 9.17) is 4.74 Å². The molecule has 0 N–H and O–H groups in total. The molecule has 4 aromatic rings.